The third kappa shape index (κ3) is 3.36. The van der Waals surface area contributed by atoms with Crippen molar-refractivity contribution < 1.29 is 14.0 Å². The van der Waals surface area contributed by atoms with E-state index in [9.17, 15) is 9.59 Å². The molecule has 0 radical (unpaired) electrons. The Balaban J connectivity index is 0.000000178. The first-order chi connectivity index (χ1) is 9.45. The predicted octanol–water partition coefficient (Wildman–Crippen LogP) is 1.65. The number of amides is 3. The van der Waals surface area contributed by atoms with Gasteiger partial charge in [-0.05, 0) is 59.8 Å². The SMILES string of the molecule is NCC1CCC2(C1)NC(=O)NC2=O.Sc1ccc(Br)o1. The predicted molar refractivity (Wildman–Crippen MR) is 79.5 cm³/mol. The number of hydrogen-bond acceptors (Lipinski definition) is 5. The van der Waals surface area contributed by atoms with Gasteiger partial charge in [0.15, 0.2) is 9.76 Å². The molecule has 0 bridgehead atoms. The molecule has 2 heterocycles. The van der Waals surface area contributed by atoms with Crippen molar-refractivity contribution in [2.24, 2.45) is 11.7 Å². The molecule has 1 saturated heterocycles. The molecule has 20 heavy (non-hydrogen) atoms. The van der Waals surface area contributed by atoms with Gasteiger partial charge in [-0.25, -0.2) is 4.79 Å². The van der Waals surface area contributed by atoms with Crippen LogP contribution in [0.1, 0.15) is 19.3 Å². The molecule has 6 nitrogen and oxygen atoms in total. The number of hydrogen-bond donors (Lipinski definition) is 4. The fourth-order valence-corrected chi connectivity index (χ4v) is 3.11. The molecule has 1 aromatic heterocycles. The molecule has 4 N–H and O–H groups in total. The van der Waals surface area contributed by atoms with Gasteiger partial charge in [0, 0.05) is 0 Å². The highest BCUT2D eigenvalue weighted by Gasteiger charge is 2.50. The summed E-state index contributed by atoms with van der Waals surface area (Å²) in [7, 11) is 0. The first-order valence-electron chi connectivity index (χ1n) is 6.23. The Morgan fingerprint density at radius 2 is 2.25 bits per heavy atom. The van der Waals surface area contributed by atoms with E-state index in [1.165, 1.54) is 0 Å². The second kappa shape index (κ2) is 6.19. The van der Waals surface area contributed by atoms with Crippen molar-refractivity contribution >= 4 is 40.5 Å². The van der Waals surface area contributed by atoms with Gasteiger partial charge in [0.2, 0.25) is 0 Å². The van der Waals surface area contributed by atoms with Crippen LogP contribution in [0.15, 0.2) is 26.3 Å². The second-order valence-corrected chi connectivity index (χ2v) is 6.13. The summed E-state index contributed by atoms with van der Waals surface area (Å²) in [5, 5.41) is 5.58. The van der Waals surface area contributed by atoms with Gasteiger partial charge in [-0.1, -0.05) is 0 Å². The first-order valence-corrected chi connectivity index (χ1v) is 7.47. The summed E-state index contributed by atoms with van der Waals surface area (Å²) in [5.74, 6) is 0.178. The van der Waals surface area contributed by atoms with E-state index in [4.69, 9.17) is 10.2 Å². The minimum atomic E-state index is -0.638. The van der Waals surface area contributed by atoms with Crippen LogP contribution >= 0.6 is 28.6 Å². The minimum Gasteiger partial charge on any atom is -0.443 e. The number of halogens is 1. The Kier molecular flexibility index (Phi) is 4.77. The average Bonchev–Trinajstić information content (AvgIpc) is 3.04. The van der Waals surface area contributed by atoms with Crippen molar-refractivity contribution in [2.75, 3.05) is 6.54 Å². The van der Waals surface area contributed by atoms with Gasteiger partial charge in [-0.2, -0.15) is 0 Å². The van der Waals surface area contributed by atoms with Crippen LogP contribution in [-0.2, 0) is 4.79 Å². The summed E-state index contributed by atoms with van der Waals surface area (Å²) in [5.41, 5.74) is 4.88. The second-order valence-electron chi connectivity index (χ2n) is 4.91. The van der Waals surface area contributed by atoms with E-state index < -0.39 is 5.54 Å². The highest BCUT2D eigenvalue weighted by atomic mass is 79.9. The maximum atomic E-state index is 11.4. The molecule has 2 aliphatic rings. The van der Waals surface area contributed by atoms with Gasteiger partial charge in [0.05, 0.1) is 0 Å². The Morgan fingerprint density at radius 1 is 1.50 bits per heavy atom. The molecule has 110 valence electrons. The molecule has 2 atom stereocenters. The van der Waals surface area contributed by atoms with Gasteiger partial charge in [-0.3, -0.25) is 10.1 Å². The summed E-state index contributed by atoms with van der Waals surface area (Å²) >= 11 is 7.03. The van der Waals surface area contributed by atoms with Crippen LogP contribution in [0, 0.1) is 5.92 Å². The van der Waals surface area contributed by atoms with E-state index in [1.54, 1.807) is 12.1 Å². The summed E-state index contributed by atoms with van der Waals surface area (Å²) in [4.78, 5) is 22.4. The molecule has 1 saturated carbocycles. The Bertz CT molecular complexity index is 505. The van der Waals surface area contributed by atoms with Gasteiger partial charge in [-0.15, -0.1) is 12.6 Å². The molecular weight excluding hydrogens is 346 g/mol. The zero-order valence-corrected chi connectivity index (χ0v) is 13.2. The van der Waals surface area contributed by atoms with Gasteiger partial charge in [0.25, 0.3) is 5.91 Å². The van der Waals surface area contributed by atoms with Gasteiger partial charge < -0.3 is 15.5 Å². The monoisotopic (exact) mass is 361 g/mol. The van der Waals surface area contributed by atoms with E-state index in [-0.39, 0.29) is 11.9 Å². The number of carbonyl (C=O) groups excluding carboxylic acids is 2. The molecule has 1 aliphatic heterocycles. The number of nitrogens with two attached hydrogens (primary N) is 1. The van der Waals surface area contributed by atoms with Crippen molar-refractivity contribution in [3.05, 3.63) is 16.8 Å². The molecule has 1 aliphatic carbocycles. The Morgan fingerprint density at radius 3 is 2.60 bits per heavy atom. The summed E-state index contributed by atoms with van der Waals surface area (Å²) in [6, 6.07) is 3.19. The van der Waals surface area contributed by atoms with Crippen LogP contribution in [-0.4, -0.2) is 24.0 Å². The Hall–Kier alpha value is -0.990. The van der Waals surface area contributed by atoms with Crippen molar-refractivity contribution in [3.63, 3.8) is 0 Å². The summed E-state index contributed by atoms with van der Waals surface area (Å²) in [6.45, 7) is 0.588. The molecule has 2 unspecified atom stereocenters. The molecular formula is C12H16BrN3O3S. The van der Waals surface area contributed by atoms with Crippen molar-refractivity contribution in [1.82, 2.24) is 10.6 Å². The number of carbonyl (C=O) groups is 2. The number of rotatable bonds is 1. The van der Waals surface area contributed by atoms with E-state index in [1.807, 2.05) is 0 Å². The standard InChI is InChI=1S/C8H13N3O2.C4H3BrOS/c9-4-5-1-2-8(3-5)6(12)10-7(13)11-8;5-3-1-2-4(7)6-3/h5H,1-4,9H2,(H2,10,11,12,13);1-2,7H. The number of nitrogens with one attached hydrogen (secondary N) is 2. The summed E-state index contributed by atoms with van der Waals surface area (Å²) < 4.78 is 5.58. The van der Waals surface area contributed by atoms with E-state index in [2.05, 4.69) is 39.2 Å². The van der Waals surface area contributed by atoms with Gasteiger partial charge >= 0.3 is 6.03 Å². The molecule has 3 amide bonds. The lowest BCUT2D eigenvalue weighted by Gasteiger charge is -2.19. The number of furan rings is 1. The van der Waals surface area contributed by atoms with Crippen molar-refractivity contribution in [2.45, 2.75) is 29.9 Å². The van der Waals surface area contributed by atoms with E-state index >= 15 is 0 Å². The maximum absolute atomic E-state index is 11.4. The lowest BCUT2D eigenvalue weighted by atomic mass is 9.96. The molecule has 2 fully saturated rings. The Labute approximate surface area is 130 Å². The molecule has 8 heteroatoms. The van der Waals surface area contributed by atoms with Crippen LogP contribution in [0.3, 0.4) is 0 Å². The van der Waals surface area contributed by atoms with E-state index in [0.29, 0.717) is 30.4 Å². The largest absolute Gasteiger partial charge is 0.443 e. The maximum Gasteiger partial charge on any atom is 0.322 e. The average molecular weight is 362 g/mol. The highest BCUT2D eigenvalue weighted by Crippen LogP contribution is 2.35. The number of imide groups is 1. The number of thiol groups is 1. The fraction of sp³-hybridized carbons (Fsp3) is 0.500. The lowest BCUT2D eigenvalue weighted by Crippen LogP contribution is -2.44. The summed E-state index contributed by atoms with van der Waals surface area (Å²) in [6.07, 6.45) is 2.32. The minimum absolute atomic E-state index is 0.187. The smallest absolute Gasteiger partial charge is 0.322 e. The quantitative estimate of drug-likeness (QED) is 0.451. The van der Waals surface area contributed by atoms with Crippen LogP contribution < -0.4 is 16.4 Å². The number of urea groups is 1. The fourth-order valence-electron chi connectivity index (χ4n) is 2.50. The highest BCUT2D eigenvalue weighted by molar-refractivity contribution is 9.10. The zero-order chi connectivity index (χ0) is 14.8. The first kappa shape index (κ1) is 15.4. The molecule has 0 aromatic carbocycles. The van der Waals surface area contributed by atoms with E-state index in [0.717, 1.165) is 11.1 Å². The van der Waals surface area contributed by atoms with Crippen LogP contribution in [0.4, 0.5) is 4.79 Å². The normalized spacial score (nSPS) is 28.1. The topological polar surface area (TPSA) is 97.4 Å². The molecule has 1 aromatic rings. The van der Waals surface area contributed by atoms with Crippen LogP contribution in [0.25, 0.3) is 0 Å². The zero-order valence-electron chi connectivity index (χ0n) is 10.7. The third-order valence-electron chi connectivity index (χ3n) is 3.52. The van der Waals surface area contributed by atoms with Crippen LogP contribution in [0.5, 0.6) is 0 Å². The van der Waals surface area contributed by atoms with Gasteiger partial charge in [0.1, 0.15) is 5.54 Å². The molecule has 3 rings (SSSR count). The van der Waals surface area contributed by atoms with Crippen molar-refractivity contribution in [3.8, 4) is 0 Å². The molecule has 1 spiro atoms. The lowest BCUT2D eigenvalue weighted by molar-refractivity contribution is -0.123. The third-order valence-corrected chi connectivity index (χ3v) is 4.19. The van der Waals surface area contributed by atoms with Crippen LogP contribution in [0.2, 0.25) is 0 Å². The van der Waals surface area contributed by atoms with Crippen molar-refractivity contribution in [1.29, 1.82) is 0 Å².